The first-order valence-electron chi connectivity index (χ1n) is 11.8. The molecule has 0 bridgehead atoms. The lowest BCUT2D eigenvalue weighted by molar-refractivity contribution is -0.142. The molecule has 2 aliphatic rings. The van der Waals surface area contributed by atoms with Gasteiger partial charge in [0.2, 0.25) is 5.91 Å². The summed E-state index contributed by atoms with van der Waals surface area (Å²) >= 11 is 1.62. The number of thiophene rings is 1. The van der Waals surface area contributed by atoms with Crippen LogP contribution in [0.2, 0.25) is 0 Å². The number of aliphatic hydroxyl groups is 1. The van der Waals surface area contributed by atoms with Crippen LogP contribution in [0.15, 0.2) is 36.1 Å². The summed E-state index contributed by atoms with van der Waals surface area (Å²) in [5.41, 5.74) is 0.312. The molecule has 7 atom stereocenters. The third kappa shape index (κ3) is 4.96. The highest BCUT2D eigenvalue weighted by Crippen LogP contribution is 2.55. The molecule has 2 heterocycles. The maximum Gasteiger partial charge on any atom is 0.271 e. The minimum Gasteiger partial charge on any atom is -0.392 e. The van der Waals surface area contributed by atoms with Gasteiger partial charge in [0.15, 0.2) is 0 Å². The van der Waals surface area contributed by atoms with E-state index in [9.17, 15) is 14.7 Å². The van der Waals surface area contributed by atoms with Gasteiger partial charge in [-0.1, -0.05) is 26.8 Å². The number of aromatic nitrogens is 2. The summed E-state index contributed by atoms with van der Waals surface area (Å²) in [6.45, 7) is 6.84. The number of carbonyl (C=O) groups excluding carboxylic acids is 2. The Labute approximate surface area is 199 Å². The molecular weight excluding hydrogens is 436 g/mol. The fraction of sp³-hybridized carbons (Fsp3) is 0.600. The number of hydrogen-bond acceptors (Lipinski definition) is 6. The van der Waals surface area contributed by atoms with Crippen LogP contribution in [-0.2, 0) is 11.3 Å². The van der Waals surface area contributed by atoms with Crippen molar-refractivity contribution in [3.05, 3.63) is 46.7 Å². The smallest absolute Gasteiger partial charge is 0.271 e. The highest BCUT2D eigenvalue weighted by molar-refractivity contribution is 7.09. The molecule has 0 aromatic carbocycles. The van der Waals surface area contributed by atoms with E-state index in [1.807, 2.05) is 24.4 Å². The molecule has 3 N–H and O–H groups in total. The zero-order chi connectivity index (χ0) is 23.6. The van der Waals surface area contributed by atoms with Crippen LogP contribution in [0, 0.1) is 29.1 Å². The minimum absolute atomic E-state index is 0.00739. The Morgan fingerprint density at radius 2 is 2.09 bits per heavy atom. The summed E-state index contributed by atoms with van der Waals surface area (Å²) in [5.74, 6) is -0.499. The number of rotatable bonds is 6. The van der Waals surface area contributed by atoms with E-state index in [1.54, 1.807) is 17.5 Å². The van der Waals surface area contributed by atoms with Gasteiger partial charge in [0.05, 0.1) is 18.8 Å². The van der Waals surface area contributed by atoms with Crippen molar-refractivity contribution < 1.29 is 14.7 Å². The van der Waals surface area contributed by atoms with E-state index >= 15 is 0 Å². The van der Waals surface area contributed by atoms with Gasteiger partial charge in [-0.3, -0.25) is 14.6 Å². The van der Waals surface area contributed by atoms with Gasteiger partial charge in [0.25, 0.3) is 5.91 Å². The molecule has 33 heavy (non-hydrogen) atoms. The van der Waals surface area contributed by atoms with E-state index in [-0.39, 0.29) is 46.9 Å². The lowest BCUT2D eigenvalue weighted by atomic mass is 9.51. The summed E-state index contributed by atoms with van der Waals surface area (Å²) < 4.78 is 0. The molecule has 2 aromatic heterocycles. The van der Waals surface area contributed by atoms with E-state index < -0.39 is 6.10 Å². The maximum absolute atomic E-state index is 12.9. The number of aliphatic hydroxyl groups excluding tert-OH is 1. The van der Waals surface area contributed by atoms with E-state index in [0.29, 0.717) is 12.2 Å². The van der Waals surface area contributed by atoms with Crippen LogP contribution >= 0.6 is 11.3 Å². The second kappa shape index (κ2) is 9.89. The van der Waals surface area contributed by atoms with Crippen molar-refractivity contribution in [1.29, 1.82) is 0 Å². The molecule has 178 valence electrons. The summed E-state index contributed by atoms with van der Waals surface area (Å²) in [7, 11) is 0. The van der Waals surface area contributed by atoms with Crippen LogP contribution in [0.3, 0.4) is 0 Å². The van der Waals surface area contributed by atoms with Crippen molar-refractivity contribution in [3.63, 3.8) is 0 Å². The van der Waals surface area contributed by atoms with Gasteiger partial charge >= 0.3 is 0 Å². The van der Waals surface area contributed by atoms with Crippen molar-refractivity contribution in [3.8, 4) is 0 Å². The van der Waals surface area contributed by atoms with Crippen LogP contribution in [0.1, 0.15) is 61.8 Å². The van der Waals surface area contributed by atoms with E-state index in [2.05, 4.69) is 34.4 Å². The molecule has 2 aromatic rings. The quantitative estimate of drug-likeness (QED) is 0.600. The zero-order valence-corrected chi connectivity index (χ0v) is 20.3. The van der Waals surface area contributed by atoms with Gasteiger partial charge in [-0.15, -0.1) is 11.3 Å². The molecule has 2 saturated carbocycles. The molecule has 0 spiro atoms. The SMILES string of the molecule is CC(C(=O)NCc1cccs1)C1CCC2(C)CCC(NC(=O)c3cnccn3)C(C)C2C1O. The maximum atomic E-state index is 12.9. The first-order valence-corrected chi connectivity index (χ1v) is 12.7. The number of fused-ring (bicyclic) bond motifs is 1. The van der Waals surface area contributed by atoms with Crippen LogP contribution in [0.4, 0.5) is 0 Å². The lowest BCUT2D eigenvalue weighted by Crippen LogP contribution is -2.58. The van der Waals surface area contributed by atoms with Crippen molar-refractivity contribution in [2.24, 2.45) is 29.1 Å². The Balaban J connectivity index is 1.43. The van der Waals surface area contributed by atoms with Crippen LogP contribution in [-0.4, -0.2) is 39.0 Å². The largest absolute Gasteiger partial charge is 0.392 e. The Morgan fingerprint density at radius 3 is 2.79 bits per heavy atom. The minimum atomic E-state index is -0.586. The average Bonchev–Trinajstić information content (AvgIpc) is 3.33. The molecule has 0 radical (unpaired) electrons. The third-order valence-corrected chi connectivity index (χ3v) is 8.95. The number of amides is 2. The number of nitrogens with one attached hydrogen (secondary N) is 2. The summed E-state index contributed by atoms with van der Waals surface area (Å²) in [6, 6.07) is 3.94. The van der Waals surface area contributed by atoms with Crippen LogP contribution in [0.25, 0.3) is 0 Å². The lowest BCUT2D eigenvalue weighted by Gasteiger charge is -2.56. The standard InChI is InChI=1S/C25H34N4O3S/c1-15(23(31)28-13-17-5-4-12-33-17)18-6-8-25(3)9-7-19(16(2)21(25)22(18)30)29-24(32)20-14-26-10-11-27-20/h4-5,10-12,14-16,18-19,21-22,30H,6-9,13H2,1-3H3,(H,28,31)(H,29,32). The van der Waals surface area contributed by atoms with Gasteiger partial charge in [0, 0.05) is 29.2 Å². The summed E-state index contributed by atoms with van der Waals surface area (Å²) in [6.07, 6.45) is 7.57. The molecule has 2 aliphatic carbocycles. The second-order valence-corrected chi connectivity index (χ2v) is 11.1. The highest BCUT2D eigenvalue weighted by atomic mass is 32.1. The molecule has 0 saturated heterocycles. The van der Waals surface area contributed by atoms with Gasteiger partial charge in [-0.2, -0.15) is 0 Å². The summed E-state index contributed by atoms with van der Waals surface area (Å²) in [5, 5.41) is 19.7. The average molecular weight is 471 g/mol. The summed E-state index contributed by atoms with van der Waals surface area (Å²) in [4.78, 5) is 34.8. The fourth-order valence-electron chi connectivity index (χ4n) is 6.10. The van der Waals surface area contributed by atoms with Gasteiger partial charge < -0.3 is 15.7 Å². The molecule has 2 amide bonds. The Bertz CT molecular complexity index is 954. The molecule has 7 unspecified atom stereocenters. The number of carbonyl (C=O) groups is 2. The Morgan fingerprint density at radius 1 is 1.30 bits per heavy atom. The number of nitrogens with zero attached hydrogens (tertiary/aromatic N) is 2. The van der Waals surface area contributed by atoms with E-state index in [0.717, 1.165) is 30.6 Å². The predicted molar refractivity (Wildman–Crippen MR) is 127 cm³/mol. The van der Waals surface area contributed by atoms with Crippen molar-refractivity contribution >= 4 is 23.2 Å². The fourth-order valence-corrected chi connectivity index (χ4v) is 6.74. The zero-order valence-electron chi connectivity index (χ0n) is 19.5. The van der Waals surface area contributed by atoms with E-state index in [4.69, 9.17) is 0 Å². The van der Waals surface area contributed by atoms with Gasteiger partial charge in [-0.25, -0.2) is 4.98 Å². The molecule has 2 fully saturated rings. The molecule has 8 heteroatoms. The number of hydrogen-bond donors (Lipinski definition) is 3. The van der Waals surface area contributed by atoms with E-state index in [1.165, 1.54) is 12.4 Å². The van der Waals surface area contributed by atoms with Crippen LogP contribution in [0.5, 0.6) is 0 Å². The highest BCUT2D eigenvalue weighted by Gasteiger charge is 2.53. The molecular formula is C25H34N4O3S. The molecule has 7 nitrogen and oxygen atoms in total. The Kier molecular flexibility index (Phi) is 7.14. The van der Waals surface area contributed by atoms with Crippen molar-refractivity contribution in [2.45, 2.75) is 65.1 Å². The molecule has 0 aliphatic heterocycles. The monoisotopic (exact) mass is 470 g/mol. The predicted octanol–water partition coefficient (Wildman–Crippen LogP) is 3.41. The third-order valence-electron chi connectivity index (χ3n) is 8.07. The molecule has 4 rings (SSSR count). The van der Waals surface area contributed by atoms with Gasteiger partial charge in [-0.05, 0) is 60.3 Å². The van der Waals surface area contributed by atoms with Gasteiger partial charge in [0.1, 0.15) is 5.69 Å². The first-order chi connectivity index (χ1) is 15.8. The van der Waals surface area contributed by atoms with Crippen molar-refractivity contribution in [1.82, 2.24) is 20.6 Å². The first kappa shape index (κ1) is 23.8. The Hall–Kier alpha value is -2.32. The topological polar surface area (TPSA) is 104 Å². The normalized spacial score (nSPS) is 32.4. The van der Waals surface area contributed by atoms with Crippen molar-refractivity contribution in [2.75, 3.05) is 0 Å². The van der Waals surface area contributed by atoms with Crippen LogP contribution < -0.4 is 10.6 Å². The second-order valence-electron chi connectivity index (χ2n) is 10.0.